The molecule has 2 heterocycles. The first-order valence-corrected chi connectivity index (χ1v) is 7.12. The van der Waals surface area contributed by atoms with Gasteiger partial charge in [0.2, 0.25) is 11.8 Å². The number of amides is 2. The van der Waals surface area contributed by atoms with Crippen LogP contribution in [0, 0.1) is 5.92 Å². The lowest BCUT2D eigenvalue weighted by molar-refractivity contribution is -0.160. The molecule has 2 rings (SSSR count). The zero-order valence-electron chi connectivity index (χ0n) is 12.6. The van der Waals surface area contributed by atoms with Crippen LogP contribution in [0.25, 0.3) is 0 Å². The van der Waals surface area contributed by atoms with Crippen LogP contribution in [0.5, 0.6) is 0 Å². The van der Waals surface area contributed by atoms with Crippen molar-refractivity contribution in [3.05, 3.63) is 0 Å². The molecule has 0 N–H and O–H groups in total. The van der Waals surface area contributed by atoms with Crippen LogP contribution >= 0.6 is 0 Å². The summed E-state index contributed by atoms with van der Waals surface area (Å²) in [5, 5.41) is 0. The fourth-order valence-electron chi connectivity index (χ4n) is 3.22. The van der Waals surface area contributed by atoms with Gasteiger partial charge in [-0.05, 0) is 26.4 Å². The van der Waals surface area contributed by atoms with E-state index in [0.29, 0.717) is 12.6 Å². The fourth-order valence-corrected chi connectivity index (χ4v) is 3.22. The van der Waals surface area contributed by atoms with E-state index < -0.39 is 0 Å². The Hall–Kier alpha value is -1.10. The molecule has 2 aliphatic rings. The number of fused-ring (bicyclic) bond motifs is 1. The highest BCUT2D eigenvalue weighted by Gasteiger charge is 2.50. The summed E-state index contributed by atoms with van der Waals surface area (Å²) < 4.78 is 0. The van der Waals surface area contributed by atoms with Crippen molar-refractivity contribution < 1.29 is 9.59 Å². The van der Waals surface area contributed by atoms with E-state index in [1.165, 1.54) is 0 Å². The Labute approximate surface area is 115 Å². The predicted octanol–water partition coefficient (Wildman–Crippen LogP) is 0.404. The van der Waals surface area contributed by atoms with Gasteiger partial charge in [0.25, 0.3) is 0 Å². The standard InChI is InChI=1S/C14H25N3O2/c1-6-9(2)12-14(19)17-8-10(15(3)4)7-11(17)13(18)16(12)5/h9-12H,6-8H2,1-5H3/t9-,10+,11-,12-/m0/s1. The van der Waals surface area contributed by atoms with E-state index in [1.54, 1.807) is 11.9 Å². The molecule has 0 aromatic rings. The summed E-state index contributed by atoms with van der Waals surface area (Å²) in [6.45, 7) is 4.80. The van der Waals surface area contributed by atoms with Crippen molar-refractivity contribution in [2.24, 2.45) is 5.92 Å². The van der Waals surface area contributed by atoms with Crippen molar-refractivity contribution in [3.63, 3.8) is 0 Å². The van der Waals surface area contributed by atoms with Crippen molar-refractivity contribution in [1.82, 2.24) is 14.7 Å². The third-order valence-corrected chi connectivity index (χ3v) is 4.78. The molecule has 108 valence electrons. The molecule has 0 aliphatic carbocycles. The molecular weight excluding hydrogens is 242 g/mol. The molecule has 2 aliphatic heterocycles. The average Bonchev–Trinajstić information content (AvgIpc) is 2.81. The predicted molar refractivity (Wildman–Crippen MR) is 73.6 cm³/mol. The van der Waals surface area contributed by atoms with Gasteiger partial charge in [-0.15, -0.1) is 0 Å². The Kier molecular flexibility index (Phi) is 3.85. The SMILES string of the molecule is CC[C@H](C)[C@H]1C(=O)N2C[C@H](N(C)C)C[C@H]2C(=O)N1C. The summed E-state index contributed by atoms with van der Waals surface area (Å²) in [7, 11) is 5.79. The van der Waals surface area contributed by atoms with E-state index in [0.717, 1.165) is 12.8 Å². The van der Waals surface area contributed by atoms with Gasteiger partial charge < -0.3 is 14.7 Å². The van der Waals surface area contributed by atoms with E-state index in [1.807, 2.05) is 25.9 Å². The molecule has 0 spiro atoms. The van der Waals surface area contributed by atoms with Crippen molar-refractivity contribution in [2.45, 2.75) is 44.8 Å². The Morgan fingerprint density at radius 2 is 1.95 bits per heavy atom. The Bertz CT molecular complexity index is 383. The molecule has 2 saturated heterocycles. The van der Waals surface area contributed by atoms with Gasteiger partial charge >= 0.3 is 0 Å². The maximum atomic E-state index is 12.6. The molecule has 0 unspecified atom stereocenters. The van der Waals surface area contributed by atoms with Gasteiger partial charge in [0.1, 0.15) is 12.1 Å². The first-order valence-electron chi connectivity index (χ1n) is 7.12. The number of piperazine rings is 1. The molecule has 2 amide bonds. The van der Waals surface area contributed by atoms with Gasteiger partial charge in [-0.2, -0.15) is 0 Å². The molecule has 19 heavy (non-hydrogen) atoms. The Balaban J connectivity index is 2.24. The summed E-state index contributed by atoms with van der Waals surface area (Å²) in [5.41, 5.74) is 0. The van der Waals surface area contributed by atoms with Gasteiger partial charge in [0.05, 0.1) is 0 Å². The maximum Gasteiger partial charge on any atom is 0.246 e. The average molecular weight is 267 g/mol. The summed E-state index contributed by atoms with van der Waals surface area (Å²) >= 11 is 0. The zero-order chi connectivity index (χ0) is 14.3. The lowest BCUT2D eigenvalue weighted by Gasteiger charge is -2.42. The first kappa shape index (κ1) is 14.3. The van der Waals surface area contributed by atoms with Gasteiger partial charge in [-0.3, -0.25) is 9.59 Å². The summed E-state index contributed by atoms with van der Waals surface area (Å²) in [5.74, 6) is 0.445. The van der Waals surface area contributed by atoms with Gasteiger partial charge in [-0.25, -0.2) is 0 Å². The Morgan fingerprint density at radius 3 is 2.47 bits per heavy atom. The van der Waals surface area contributed by atoms with Gasteiger partial charge in [-0.1, -0.05) is 20.3 Å². The number of likely N-dealkylation sites (N-methyl/N-ethyl adjacent to an activating group) is 2. The molecule has 0 saturated carbocycles. The largest absolute Gasteiger partial charge is 0.332 e. The van der Waals surface area contributed by atoms with E-state index in [2.05, 4.69) is 11.8 Å². The van der Waals surface area contributed by atoms with Crippen LogP contribution in [0.1, 0.15) is 26.7 Å². The number of nitrogens with zero attached hydrogens (tertiary/aromatic N) is 3. The van der Waals surface area contributed by atoms with E-state index in [9.17, 15) is 9.59 Å². The van der Waals surface area contributed by atoms with Crippen molar-refractivity contribution in [2.75, 3.05) is 27.7 Å². The lowest BCUT2D eigenvalue weighted by Crippen LogP contribution is -2.63. The molecule has 5 nitrogen and oxygen atoms in total. The van der Waals surface area contributed by atoms with E-state index in [-0.39, 0.29) is 29.8 Å². The fraction of sp³-hybridized carbons (Fsp3) is 0.857. The maximum absolute atomic E-state index is 12.6. The highest BCUT2D eigenvalue weighted by atomic mass is 16.2. The molecule has 2 fully saturated rings. The molecular formula is C14H25N3O2. The van der Waals surface area contributed by atoms with Crippen molar-refractivity contribution in [1.29, 1.82) is 0 Å². The van der Waals surface area contributed by atoms with Crippen LogP contribution in [0.2, 0.25) is 0 Å². The monoisotopic (exact) mass is 267 g/mol. The van der Waals surface area contributed by atoms with Crippen LogP contribution in [-0.2, 0) is 9.59 Å². The van der Waals surface area contributed by atoms with Gasteiger partial charge in [0, 0.05) is 19.6 Å². The molecule has 0 aromatic carbocycles. The molecule has 0 radical (unpaired) electrons. The van der Waals surface area contributed by atoms with Crippen LogP contribution in [0.3, 0.4) is 0 Å². The third-order valence-electron chi connectivity index (χ3n) is 4.78. The minimum atomic E-state index is -0.283. The second-order valence-corrected chi connectivity index (χ2v) is 6.14. The smallest absolute Gasteiger partial charge is 0.246 e. The second kappa shape index (κ2) is 5.12. The number of rotatable bonds is 3. The van der Waals surface area contributed by atoms with Crippen molar-refractivity contribution in [3.8, 4) is 0 Å². The number of carbonyl (C=O) groups is 2. The zero-order valence-corrected chi connectivity index (χ0v) is 12.6. The first-order chi connectivity index (χ1) is 8.88. The normalized spacial score (nSPS) is 33.1. The summed E-state index contributed by atoms with van der Waals surface area (Å²) in [6, 6.07) is -0.234. The van der Waals surface area contributed by atoms with Crippen LogP contribution in [-0.4, -0.2) is 72.3 Å². The quantitative estimate of drug-likeness (QED) is 0.743. The highest BCUT2D eigenvalue weighted by molar-refractivity contribution is 5.97. The lowest BCUT2D eigenvalue weighted by atomic mass is 9.93. The molecule has 4 atom stereocenters. The highest BCUT2D eigenvalue weighted by Crippen LogP contribution is 2.31. The van der Waals surface area contributed by atoms with Crippen LogP contribution in [0.4, 0.5) is 0 Å². The minimum absolute atomic E-state index is 0.106. The summed E-state index contributed by atoms with van der Waals surface area (Å²) in [4.78, 5) is 30.7. The second-order valence-electron chi connectivity index (χ2n) is 6.14. The summed E-state index contributed by atoms with van der Waals surface area (Å²) in [6.07, 6.45) is 1.67. The molecule has 0 aromatic heterocycles. The minimum Gasteiger partial charge on any atom is -0.332 e. The molecule has 5 heteroatoms. The number of hydrogen-bond donors (Lipinski definition) is 0. The van der Waals surface area contributed by atoms with E-state index >= 15 is 0 Å². The van der Waals surface area contributed by atoms with Crippen molar-refractivity contribution >= 4 is 11.8 Å². The number of hydrogen-bond acceptors (Lipinski definition) is 3. The Morgan fingerprint density at radius 1 is 1.32 bits per heavy atom. The molecule has 0 bridgehead atoms. The third kappa shape index (κ3) is 2.24. The van der Waals surface area contributed by atoms with Crippen LogP contribution < -0.4 is 0 Å². The van der Waals surface area contributed by atoms with Gasteiger partial charge in [0.15, 0.2) is 0 Å². The topological polar surface area (TPSA) is 43.9 Å². The number of carbonyl (C=O) groups excluding carboxylic acids is 2. The van der Waals surface area contributed by atoms with E-state index in [4.69, 9.17) is 0 Å². The van der Waals surface area contributed by atoms with Crippen LogP contribution in [0.15, 0.2) is 0 Å².